The fourth-order valence-corrected chi connectivity index (χ4v) is 5.52. The molecule has 2 aromatic carbocycles. The second-order valence-electron chi connectivity index (χ2n) is 9.99. The second kappa shape index (κ2) is 10.6. The Balaban J connectivity index is 1.25. The van der Waals surface area contributed by atoms with Gasteiger partial charge in [-0.15, -0.1) is 0 Å². The van der Waals surface area contributed by atoms with E-state index in [9.17, 15) is 14.7 Å². The van der Waals surface area contributed by atoms with Crippen LogP contribution in [-0.4, -0.2) is 40.0 Å². The van der Waals surface area contributed by atoms with Crippen LogP contribution in [0.15, 0.2) is 60.7 Å². The number of carbonyl (C=O) groups excluding carboxylic acids is 1. The minimum Gasteiger partial charge on any atom is -0.480 e. The number of aliphatic carboxylic acids is 1. The number of amides is 1. The van der Waals surface area contributed by atoms with Crippen molar-refractivity contribution in [3.05, 3.63) is 83.0 Å². The van der Waals surface area contributed by atoms with Gasteiger partial charge in [-0.3, -0.25) is 19.5 Å². The molecule has 6 nitrogen and oxygen atoms in total. The zero-order valence-electron chi connectivity index (χ0n) is 20.7. The third kappa shape index (κ3) is 5.19. The van der Waals surface area contributed by atoms with Gasteiger partial charge in [0.15, 0.2) is 0 Å². The van der Waals surface area contributed by atoms with Crippen molar-refractivity contribution in [2.75, 3.05) is 18.4 Å². The highest BCUT2D eigenvalue weighted by Crippen LogP contribution is 2.31. The van der Waals surface area contributed by atoms with Gasteiger partial charge in [0.1, 0.15) is 6.04 Å². The van der Waals surface area contributed by atoms with Crippen LogP contribution in [0.4, 0.5) is 5.69 Å². The molecule has 1 unspecified atom stereocenters. The van der Waals surface area contributed by atoms with E-state index in [-0.39, 0.29) is 11.8 Å². The Morgan fingerprint density at radius 1 is 1.00 bits per heavy atom. The topological polar surface area (TPSA) is 82.5 Å². The monoisotopic (exact) mass is 483 g/mol. The average molecular weight is 484 g/mol. The summed E-state index contributed by atoms with van der Waals surface area (Å²) in [6.07, 6.45) is 5.83. The molecule has 2 heterocycles. The Morgan fingerprint density at radius 2 is 1.75 bits per heavy atom. The molecule has 0 saturated carbocycles. The number of carboxylic acid groups (broad SMARTS) is 1. The first-order valence-electron chi connectivity index (χ1n) is 12.9. The first-order chi connectivity index (χ1) is 17.5. The van der Waals surface area contributed by atoms with Crippen LogP contribution in [0.1, 0.15) is 54.1 Å². The summed E-state index contributed by atoms with van der Waals surface area (Å²) in [5, 5.41) is 12.9. The van der Waals surface area contributed by atoms with Gasteiger partial charge in [0.25, 0.3) is 0 Å². The summed E-state index contributed by atoms with van der Waals surface area (Å²) in [6.45, 7) is 3.22. The maximum absolute atomic E-state index is 13.1. The van der Waals surface area contributed by atoms with Crippen LogP contribution in [0.3, 0.4) is 0 Å². The number of benzene rings is 2. The maximum Gasteiger partial charge on any atom is 0.325 e. The molecule has 1 aliphatic heterocycles. The van der Waals surface area contributed by atoms with E-state index in [1.54, 1.807) is 0 Å². The van der Waals surface area contributed by atoms with Crippen LogP contribution in [0.2, 0.25) is 0 Å². The van der Waals surface area contributed by atoms with Gasteiger partial charge in [0, 0.05) is 36.0 Å². The largest absolute Gasteiger partial charge is 0.480 e. The second-order valence-corrected chi connectivity index (χ2v) is 9.99. The smallest absolute Gasteiger partial charge is 0.325 e. The molecule has 5 rings (SSSR count). The van der Waals surface area contributed by atoms with Gasteiger partial charge >= 0.3 is 5.97 Å². The summed E-state index contributed by atoms with van der Waals surface area (Å²) in [5.41, 5.74) is 7.24. The van der Waals surface area contributed by atoms with Gasteiger partial charge < -0.3 is 10.4 Å². The number of nitrogens with one attached hydrogen (secondary N) is 1. The highest BCUT2D eigenvalue weighted by Gasteiger charge is 2.33. The lowest BCUT2D eigenvalue weighted by Crippen LogP contribution is -2.42. The number of fused-ring (bicyclic) bond motifs is 1. The van der Waals surface area contributed by atoms with E-state index < -0.39 is 12.0 Å². The molecule has 2 N–H and O–H groups in total. The summed E-state index contributed by atoms with van der Waals surface area (Å²) in [6, 6.07) is 18.9. The summed E-state index contributed by atoms with van der Waals surface area (Å²) in [4.78, 5) is 32.0. The van der Waals surface area contributed by atoms with Crippen LogP contribution in [0.5, 0.6) is 0 Å². The third-order valence-electron chi connectivity index (χ3n) is 7.57. The third-order valence-corrected chi connectivity index (χ3v) is 7.57. The van der Waals surface area contributed by atoms with Gasteiger partial charge in [-0.1, -0.05) is 42.5 Å². The number of aryl methyl sites for hydroxylation is 3. The highest BCUT2D eigenvalue weighted by atomic mass is 16.4. The SMILES string of the molecule is Cc1ccc(NC(=O)C2CCN(C(C(=O)O)c3ccccc3)CC2)cc1-c1ccc2c(n1)CCCC2. The van der Waals surface area contributed by atoms with E-state index in [4.69, 9.17) is 4.98 Å². The summed E-state index contributed by atoms with van der Waals surface area (Å²) in [7, 11) is 0. The number of hydrogen-bond donors (Lipinski definition) is 2. The number of anilines is 1. The number of nitrogens with zero attached hydrogens (tertiary/aromatic N) is 2. The molecule has 0 radical (unpaired) electrons. The quantitative estimate of drug-likeness (QED) is 0.490. The molecular formula is C30H33N3O3. The zero-order valence-corrected chi connectivity index (χ0v) is 20.7. The number of likely N-dealkylation sites (tertiary alicyclic amines) is 1. The molecule has 2 aliphatic rings. The molecule has 3 aromatic rings. The predicted molar refractivity (Wildman–Crippen MR) is 141 cm³/mol. The molecule has 0 bridgehead atoms. The van der Waals surface area contributed by atoms with E-state index in [0.717, 1.165) is 40.9 Å². The first-order valence-corrected chi connectivity index (χ1v) is 12.9. The summed E-state index contributed by atoms with van der Waals surface area (Å²) >= 11 is 0. The molecule has 1 atom stereocenters. The molecule has 36 heavy (non-hydrogen) atoms. The molecular weight excluding hydrogens is 450 g/mol. The molecule has 0 spiro atoms. The van der Waals surface area contributed by atoms with Crippen LogP contribution in [0.25, 0.3) is 11.3 Å². The van der Waals surface area contributed by atoms with Crippen LogP contribution >= 0.6 is 0 Å². The Kier molecular flexibility index (Phi) is 7.14. The molecule has 6 heteroatoms. The number of hydrogen-bond acceptors (Lipinski definition) is 4. The van der Waals surface area contributed by atoms with Crippen LogP contribution in [-0.2, 0) is 22.4 Å². The van der Waals surface area contributed by atoms with Crippen molar-refractivity contribution in [3.63, 3.8) is 0 Å². The van der Waals surface area contributed by atoms with Gasteiger partial charge in [-0.25, -0.2) is 0 Å². The lowest BCUT2D eigenvalue weighted by Gasteiger charge is -2.35. The van der Waals surface area contributed by atoms with E-state index >= 15 is 0 Å². The van der Waals surface area contributed by atoms with Gasteiger partial charge in [-0.05, 0) is 80.3 Å². The van der Waals surface area contributed by atoms with Crippen molar-refractivity contribution in [1.29, 1.82) is 0 Å². The minimum atomic E-state index is -0.855. The molecule has 1 amide bonds. The Bertz CT molecular complexity index is 1250. The molecule has 1 fully saturated rings. The van der Waals surface area contributed by atoms with Crippen molar-refractivity contribution in [2.24, 2.45) is 5.92 Å². The normalized spacial score (nSPS) is 17.2. The van der Waals surface area contributed by atoms with Gasteiger partial charge in [-0.2, -0.15) is 0 Å². The van der Waals surface area contributed by atoms with Crippen LogP contribution < -0.4 is 5.32 Å². The lowest BCUT2D eigenvalue weighted by molar-refractivity contribution is -0.144. The van der Waals surface area contributed by atoms with Crippen molar-refractivity contribution in [3.8, 4) is 11.3 Å². The molecule has 186 valence electrons. The summed E-state index contributed by atoms with van der Waals surface area (Å²) in [5.74, 6) is -1.00. The Labute approximate surface area is 212 Å². The lowest BCUT2D eigenvalue weighted by atomic mass is 9.93. The molecule has 1 saturated heterocycles. The summed E-state index contributed by atoms with van der Waals surface area (Å²) < 4.78 is 0. The van der Waals surface area contributed by atoms with Crippen molar-refractivity contribution in [2.45, 2.75) is 51.5 Å². The predicted octanol–water partition coefficient (Wildman–Crippen LogP) is 5.41. The maximum atomic E-state index is 13.1. The van der Waals surface area contributed by atoms with E-state index in [1.807, 2.05) is 53.4 Å². The molecule has 1 aliphatic carbocycles. The fraction of sp³-hybridized carbons (Fsp3) is 0.367. The molecule has 1 aromatic heterocycles. The van der Waals surface area contributed by atoms with Crippen molar-refractivity contribution >= 4 is 17.6 Å². The minimum absolute atomic E-state index is 0.00515. The van der Waals surface area contributed by atoms with Gasteiger partial charge in [0.2, 0.25) is 5.91 Å². The zero-order chi connectivity index (χ0) is 25.1. The Morgan fingerprint density at radius 3 is 2.50 bits per heavy atom. The Hall–Kier alpha value is -3.51. The van der Waals surface area contributed by atoms with Gasteiger partial charge in [0.05, 0.1) is 5.69 Å². The van der Waals surface area contributed by atoms with Crippen LogP contribution in [0, 0.1) is 12.8 Å². The number of piperidine rings is 1. The number of pyridine rings is 1. The number of aromatic nitrogens is 1. The van der Waals surface area contributed by atoms with E-state index in [1.165, 1.54) is 24.1 Å². The first kappa shape index (κ1) is 24.2. The number of rotatable bonds is 6. The number of carbonyl (C=O) groups is 2. The van der Waals surface area contributed by atoms with Crippen molar-refractivity contribution < 1.29 is 14.7 Å². The van der Waals surface area contributed by atoms with Crippen molar-refractivity contribution in [1.82, 2.24) is 9.88 Å². The number of carboxylic acids is 1. The van der Waals surface area contributed by atoms with E-state index in [0.29, 0.717) is 25.9 Å². The standard InChI is InChI=1S/C30H33N3O3/c1-20-11-13-24(19-25(20)27-14-12-21-7-5-6-10-26(21)32-27)31-29(34)23-15-17-33(18-16-23)28(30(35)36)22-8-3-2-4-9-22/h2-4,8-9,11-14,19,23,28H,5-7,10,15-18H2,1H3,(H,31,34)(H,35,36). The fourth-order valence-electron chi connectivity index (χ4n) is 5.52. The average Bonchev–Trinajstić information content (AvgIpc) is 2.90. The van der Waals surface area contributed by atoms with E-state index in [2.05, 4.69) is 24.4 Å². The highest BCUT2D eigenvalue weighted by molar-refractivity contribution is 5.93.